The molecule has 10 heteroatoms. The van der Waals surface area contributed by atoms with E-state index in [1.807, 2.05) is 29.4 Å². The van der Waals surface area contributed by atoms with Gasteiger partial charge in [-0.2, -0.15) is 10.2 Å². The van der Waals surface area contributed by atoms with Crippen LogP contribution in [0.3, 0.4) is 0 Å². The van der Waals surface area contributed by atoms with Gasteiger partial charge < -0.3 is 9.47 Å². The molecule has 0 bridgehead atoms. The Morgan fingerprint density at radius 3 is 2.49 bits per heavy atom. The van der Waals surface area contributed by atoms with Crippen molar-refractivity contribution in [1.82, 2.24) is 38.8 Å². The van der Waals surface area contributed by atoms with Crippen molar-refractivity contribution in [2.45, 2.75) is 40.0 Å². The van der Waals surface area contributed by atoms with Gasteiger partial charge in [-0.25, -0.2) is 9.67 Å². The SMILES string of the molecule is C=Cc1ncc2cnc(-c3c(COC)nn(C)c3OC(C)CN(C)Cc3nn(C)c(C)c3C)cn12. The van der Waals surface area contributed by atoms with E-state index in [0.29, 0.717) is 19.0 Å². The van der Waals surface area contributed by atoms with Crippen molar-refractivity contribution in [3.8, 4) is 17.1 Å². The molecule has 4 aromatic rings. The molecule has 4 aromatic heterocycles. The van der Waals surface area contributed by atoms with Gasteiger partial charge in [0.2, 0.25) is 5.88 Å². The van der Waals surface area contributed by atoms with Crippen molar-refractivity contribution in [2.24, 2.45) is 14.1 Å². The van der Waals surface area contributed by atoms with Crippen molar-refractivity contribution in [3.05, 3.63) is 53.6 Å². The average Bonchev–Trinajstić information content (AvgIpc) is 3.44. The first kappa shape index (κ1) is 24.6. The van der Waals surface area contributed by atoms with Crippen LogP contribution in [0.2, 0.25) is 0 Å². The second-order valence-corrected chi connectivity index (χ2v) is 8.98. The smallest absolute Gasteiger partial charge is 0.221 e. The molecular formula is C25H34N8O2. The summed E-state index contributed by atoms with van der Waals surface area (Å²) in [4.78, 5) is 11.3. The number of rotatable bonds is 10. The lowest BCUT2D eigenvalue weighted by atomic mass is 10.1. The summed E-state index contributed by atoms with van der Waals surface area (Å²) in [6.07, 6.45) is 7.11. The Labute approximate surface area is 205 Å². The Kier molecular flexibility index (Phi) is 7.04. The molecule has 1 atom stereocenters. The van der Waals surface area contributed by atoms with Crippen molar-refractivity contribution in [1.29, 1.82) is 0 Å². The summed E-state index contributed by atoms with van der Waals surface area (Å²) in [6.45, 7) is 11.9. The quantitative estimate of drug-likeness (QED) is 0.346. The Balaban J connectivity index is 1.60. The third kappa shape index (κ3) is 4.85. The lowest BCUT2D eigenvalue weighted by Crippen LogP contribution is -2.31. The lowest BCUT2D eigenvalue weighted by Gasteiger charge is -2.22. The van der Waals surface area contributed by atoms with Gasteiger partial charge in [0.25, 0.3) is 0 Å². The average molecular weight is 479 g/mol. The molecule has 0 aliphatic carbocycles. The first-order valence-corrected chi connectivity index (χ1v) is 11.6. The Bertz CT molecular complexity index is 1350. The van der Waals surface area contributed by atoms with Crippen LogP contribution >= 0.6 is 0 Å². The van der Waals surface area contributed by atoms with E-state index in [4.69, 9.17) is 9.47 Å². The fourth-order valence-electron chi connectivity index (χ4n) is 4.31. The van der Waals surface area contributed by atoms with Gasteiger partial charge in [-0.1, -0.05) is 6.58 Å². The molecule has 10 nitrogen and oxygen atoms in total. The van der Waals surface area contributed by atoms with E-state index < -0.39 is 0 Å². The van der Waals surface area contributed by atoms with Crippen LogP contribution in [0.25, 0.3) is 22.9 Å². The molecule has 0 saturated carbocycles. The van der Waals surface area contributed by atoms with Crippen LogP contribution < -0.4 is 4.74 Å². The van der Waals surface area contributed by atoms with Crippen LogP contribution in [0.1, 0.15) is 35.4 Å². The molecule has 0 amide bonds. The maximum absolute atomic E-state index is 6.47. The number of aromatic nitrogens is 7. The van der Waals surface area contributed by atoms with E-state index in [2.05, 4.69) is 59.5 Å². The summed E-state index contributed by atoms with van der Waals surface area (Å²) in [5.74, 6) is 1.40. The monoisotopic (exact) mass is 478 g/mol. The zero-order valence-electron chi connectivity index (χ0n) is 21.6. The highest BCUT2D eigenvalue weighted by molar-refractivity contribution is 5.69. The van der Waals surface area contributed by atoms with Crippen LogP contribution in [-0.4, -0.2) is 65.6 Å². The van der Waals surface area contributed by atoms with Gasteiger partial charge >= 0.3 is 0 Å². The highest BCUT2D eigenvalue weighted by atomic mass is 16.5. The molecule has 4 heterocycles. The Morgan fingerprint density at radius 1 is 1.11 bits per heavy atom. The largest absolute Gasteiger partial charge is 0.473 e. The maximum atomic E-state index is 6.47. The van der Waals surface area contributed by atoms with Crippen molar-refractivity contribution >= 4 is 11.6 Å². The molecule has 35 heavy (non-hydrogen) atoms. The number of hydrogen-bond acceptors (Lipinski definition) is 7. The molecular weight excluding hydrogens is 444 g/mol. The van der Waals surface area contributed by atoms with E-state index >= 15 is 0 Å². The summed E-state index contributed by atoms with van der Waals surface area (Å²) in [5, 5.41) is 9.32. The highest BCUT2D eigenvalue weighted by Gasteiger charge is 2.24. The summed E-state index contributed by atoms with van der Waals surface area (Å²) in [6, 6.07) is 0. The van der Waals surface area contributed by atoms with Gasteiger partial charge in [-0.15, -0.1) is 0 Å². The van der Waals surface area contributed by atoms with E-state index in [-0.39, 0.29) is 6.10 Å². The van der Waals surface area contributed by atoms with E-state index in [9.17, 15) is 0 Å². The second kappa shape index (κ2) is 10.0. The van der Waals surface area contributed by atoms with Gasteiger partial charge in [-0.3, -0.25) is 19.0 Å². The molecule has 0 aliphatic rings. The lowest BCUT2D eigenvalue weighted by molar-refractivity contribution is 0.148. The first-order chi connectivity index (χ1) is 16.7. The molecule has 1 unspecified atom stereocenters. The van der Waals surface area contributed by atoms with Crippen molar-refractivity contribution < 1.29 is 9.47 Å². The predicted molar refractivity (Wildman–Crippen MR) is 135 cm³/mol. The maximum Gasteiger partial charge on any atom is 0.221 e. The van der Waals surface area contributed by atoms with Crippen molar-refractivity contribution in [3.63, 3.8) is 0 Å². The minimum atomic E-state index is -0.102. The van der Waals surface area contributed by atoms with Crippen LogP contribution in [0, 0.1) is 13.8 Å². The van der Waals surface area contributed by atoms with Crippen molar-refractivity contribution in [2.75, 3.05) is 20.7 Å². The summed E-state index contributed by atoms with van der Waals surface area (Å²) < 4.78 is 17.5. The topological polar surface area (TPSA) is 87.5 Å². The van der Waals surface area contributed by atoms with Gasteiger partial charge in [0.05, 0.1) is 41.5 Å². The number of hydrogen-bond donors (Lipinski definition) is 0. The minimum absolute atomic E-state index is 0.102. The van der Waals surface area contributed by atoms with Crippen LogP contribution in [0.15, 0.2) is 25.2 Å². The number of imidazole rings is 1. The molecule has 4 rings (SSSR count). The number of methoxy groups -OCH3 is 1. The molecule has 0 aromatic carbocycles. The van der Waals surface area contributed by atoms with E-state index in [1.54, 1.807) is 30.3 Å². The standard InChI is InChI=1S/C25H34N8O2/c1-9-23-27-11-19-10-26-21(14-33(19)23)24-22(15-34-8)29-32(7)25(24)35-16(2)12-30(5)13-20-17(3)18(4)31(6)28-20/h9-11,14,16H,1,12-13,15H2,2-8H3. The Hall–Kier alpha value is -3.50. The van der Waals surface area contributed by atoms with Gasteiger partial charge in [0.1, 0.15) is 17.6 Å². The molecule has 0 N–H and O–H groups in total. The highest BCUT2D eigenvalue weighted by Crippen LogP contribution is 2.33. The van der Waals surface area contributed by atoms with Crippen LogP contribution in [-0.2, 0) is 32.0 Å². The normalized spacial score (nSPS) is 12.6. The van der Waals surface area contributed by atoms with Crippen LogP contribution in [0.4, 0.5) is 0 Å². The molecule has 0 spiro atoms. The summed E-state index contributed by atoms with van der Waals surface area (Å²) >= 11 is 0. The molecule has 0 radical (unpaired) electrons. The number of aryl methyl sites for hydroxylation is 2. The Morgan fingerprint density at radius 2 is 1.83 bits per heavy atom. The number of fused-ring (bicyclic) bond motifs is 1. The molecule has 0 fully saturated rings. The van der Waals surface area contributed by atoms with Gasteiger partial charge in [0.15, 0.2) is 0 Å². The summed E-state index contributed by atoms with van der Waals surface area (Å²) in [5.41, 5.74) is 6.69. The summed E-state index contributed by atoms with van der Waals surface area (Å²) in [7, 11) is 7.58. The third-order valence-electron chi connectivity index (χ3n) is 6.26. The number of likely N-dealkylation sites (N-methyl/N-ethyl adjacent to an activating group) is 1. The predicted octanol–water partition coefficient (Wildman–Crippen LogP) is 3.17. The molecule has 0 aliphatic heterocycles. The zero-order valence-corrected chi connectivity index (χ0v) is 21.6. The van der Waals surface area contributed by atoms with Crippen LogP contribution in [0.5, 0.6) is 5.88 Å². The van der Waals surface area contributed by atoms with Gasteiger partial charge in [-0.05, 0) is 39.5 Å². The fraction of sp³-hybridized carbons (Fsp3) is 0.440. The second-order valence-electron chi connectivity index (χ2n) is 8.98. The minimum Gasteiger partial charge on any atom is -0.473 e. The first-order valence-electron chi connectivity index (χ1n) is 11.6. The molecule has 186 valence electrons. The number of nitrogens with zero attached hydrogens (tertiary/aromatic N) is 8. The van der Waals surface area contributed by atoms with E-state index in [0.717, 1.165) is 40.5 Å². The molecule has 0 saturated heterocycles. The third-order valence-corrected chi connectivity index (χ3v) is 6.26. The van der Waals surface area contributed by atoms with E-state index in [1.165, 1.54) is 11.3 Å². The zero-order chi connectivity index (χ0) is 25.3. The number of ether oxygens (including phenoxy) is 2. The fourth-order valence-corrected chi connectivity index (χ4v) is 4.31. The van der Waals surface area contributed by atoms with Gasteiger partial charge in [0, 0.05) is 46.2 Å².